The van der Waals surface area contributed by atoms with E-state index < -0.39 is 9.84 Å². The van der Waals surface area contributed by atoms with Crippen LogP contribution < -0.4 is 4.74 Å². The van der Waals surface area contributed by atoms with Gasteiger partial charge in [-0.1, -0.05) is 6.07 Å². The van der Waals surface area contributed by atoms with E-state index in [1.807, 2.05) is 6.07 Å². The second kappa shape index (κ2) is 2.73. The Balaban J connectivity index is 2.54. The van der Waals surface area contributed by atoms with Gasteiger partial charge in [0.15, 0.2) is 9.84 Å². The number of sulfone groups is 1. The van der Waals surface area contributed by atoms with Crippen molar-refractivity contribution in [3.05, 3.63) is 23.8 Å². The standard InChI is InChI=1S/C9H10O3S/c1-13(10,11)8-3-2-7-4-5-12-9(7)6-8/h2-3,6H,4-5H2,1H3. The molecule has 0 amide bonds. The van der Waals surface area contributed by atoms with Crippen molar-refractivity contribution in [2.45, 2.75) is 11.3 Å². The zero-order valence-electron chi connectivity index (χ0n) is 7.28. The summed E-state index contributed by atoms with van der Waals surface area (Å²) >= 11 is 0. The largest absolute Gasteiger partial charge is 0.493 e. The third kappa shape index (κ3) is 1.54. The minimum atomic E-state index is -3.10. The summed E-state index contributed by atoms with van der Waals surface area (Å²) in [4.78, 5) is 0.327. The molecule has 70 valence electrons. The number of ether oxygens (including phenoxy) is 1. The van der Waals surface area contributed by atoms with Gasteiger partial charge in [-0.2, -0.15) is 0 Å². The topological polar surface area (TPSA) is 43.4 Å². The third-order valence-corrected chi connectivity index (χ3v) is 3.21. The summed E-state index contributed by atoms with van der Waals surface area (Å²) in [7, 11) is -3.10. The van der Waals surface area contributed by atoms with E-state index in [4.69, 9.17) is 4.74 Å². The van der Waals surface area contributed by atoms with Crippen LogP contribution in [0.3, 0.4) is 0 Å². The summed E-state index contributed by atoms with van der Waals surface area (Å²) in [5.74, 6) is 0.711. The van der Waals surface area contributed by atoms with Gasteiger partial charge in [-0.05, 0) is 17.7 Å². The molecule has 0 saturated heterocycles. The van der Waals surface area contributed by atoms with Crippen LogP contribution >= 0.6 is 0 Å². The van der Waals surface area contributed by atoms with Crippen LogP contribution in [0.5, 0.6) is 5.75 Å². The molecular weight excluding hydrogens is 188 g/mol. The first-order valence-corrected chi connectivity index (χ1v) is 5.92. The van der Waals surface area contributed by atoms with Gasteiger partial charge in [0, 0.05) is 12.7 Å². The van der Waals surface area contributed by atoms with Crippen molar-refractivity contribution in [2.75, 3.05) is 12.9 Å². The van der Waals surface area contributed by atoms with Gasteiger partial charge in [-0.15, -0.1) is 0 Å². The Morgan fingerprint density at radius 2 is 2.15 bits per heavy atom. The summed E-state index contributed by atoms with van der Waals surface area (Å²) < 4.78 is 27.6. The Morgan fingerprint density at radius 1 is 1.38 bits per heavy atom. The predicted molar refractivity (Wildman–Crippen MR) is 48.8 cm³/mol. The van der Waals surface area contributed by atoms with Crippen molar-refractivity contribution in [2.24, 2.45) is 0 Å². The highest BCUT2D eigenvalue weighted by Crippen LogP contribution is 2.27. The van der Waals surface area contributed by atoms with Crippen LogP contribution in [0.15, 0.2) is 23.1 Å². The number of fused-ring (bicyclic) bond motifs is 1. The lowest BCUT2D eigenvalue weighted by atomic mass is 10.2. The molecule has 0 unspecified atom stereocenters. The molecule has 1 aromatic carbocycles. The normalized spacial score (nSPS) is 15.2. The van der Waals surface area contributed by atoms with E-state index in [1.165, 1.54) is 6.26 Å². The first kappa shape index (κ1) is 8.56. The minimum absolute atomic E-state index is 0.327. The molecule has 0 bridgehead atoms. The fourth-order valence-electron chi connectivity index (χ4n) is 1.38. The maximum absolute atomic E-state index is 11.2. The van der Waals surface area contributed by atoms with Crippen LogP contribution in [0, 0.1) is 0 Å². The Labute approximate surface area is 77.3 Å². The SMILES string of the molecule is CS(=O)(=O)c1ccc2c(c1)OCC2. The van der Waals surface area contributed by atoms with E-state index in [0.717, 1.165) is 12.0 Å². The summed E-state index contributed by atoms with van der Waals surface area (Å²) in [5, 5.41) is 0. The summed E-state index contributed by atoms with van der Waals surface area (Å²) in [6.45, 7) is 0.655. The number of rotatable bonds is 1. The first-order chi connectivity index (χ1) is 6.07. The molecular formula is C9H10O3S. The fourth-order valence-corrected chi connectivity index (χ4v) is 2.01. The number of hydrogen-bond acceptors (Lipinski definition) is 3. The molecule has 0 spiro atoms. The smallest absolute Gasteiger partial charge is 0.175 e. The van der Waals surface area contributed by atoms with Crippen LogP contribution in [-0.4, -0.2) is 21.3 Å². The van der Waals surface area contributed by atoms with E-state index in [1.54, 1.807) is 12.1 Å². The fraction of sp³-hybridized carbons (Fsp3) is 0.333. The maximum atomic E-state index is 11.2. The van der Waals surface area contributed by atoms with E-state index in [2.05, 4.69) is 0 Å². The van der Waals surface area contributed by atoms with Crippen molar-refractivity contribution < 1.29 is 13.2 Å². The Morgan fingerprint density at radius 3 is 2.85 bits per heavy atom. The van der Waals surface area contributed by atoms with Gasteiger partial charge in [0.2, 0.25) is 0 Å². The molecule has 3 nitrogen and oxygen atoms in total. The molecule has 4 heteroatoms. The highest BCUT2D eigenvalue weighted by molar-refractivity contribution is 7.90. The van der Waals surface area contributed by atoms with Crippen molar-refractivity contribution in [3.63, 3.8) is 0 Å². The van der Waals surface area contributed by atoms with Crippen molar-refractivity contribution >= 4 is 9.84 Å². The maximum Gasteiger partial charge on any atom is 0.175 e. The van der Waals surface area contributed by atoms with Gasteiger partial charge in [0.25, 0.3) is 0 Å². The zero-order chi connectivity index (χ0) is 9.47. The lowest BCUT2D eigenvalue weighted by molar-refractivity contribution is 0.356. The van der Waals surface area contributed by atoms with E-state index in [9.17, 15) is 8.42 Å². The molecule has 0 saturated carbocycles. The monoisotopic (exact) mass is 198 g/mol. The molecule has 13 heavy (non-hydrogen) atoms. The third-order valence-electron chi connectivity index (χ3n) is 2.10. The van der Waals surface area contributed by atoms with Gasteiger partial charge in [-0.25, -0.2) is 8.42 Å². The molecule has 1 heterocycles. The highest BCUT2D eigenvalue weighted by Gasteiger charge is 2.15. The van der Waals surface area contributed by atoms with Crippen LogP contribution in [0.1, 0.15) is 5.56 Å². The first-order valence-electron chi connectivity index (χ1n) is 4.03. The van der Waals surface area contributed by atoms with E-state index in [0.29, 0.717) is 17.3 Å². The van der Waals surface area contributed by atoms with Gasteiger partial charge < -0.3 is 4.74 Å². The lowest BCUT2D eigenvalue weighted by Crippen LogP contribution is -1.96. The van der Waals surface area contributed by atoms with Crippen LogP contribution in [0.2, 0.25) is 0 Å². The summed E-state index contributed by atoms with van der Waals surface area (Å²) in [6, 6.07) is 5.04. The highest BCUT2D eigenvalue weighted by atomic mass is 32.2. The van der Waals surface area contributed by atoms with Crippen molar-refractivity contribution in [3.8, 4) is 5.75 Å². The molecule has 1 aliphatic rings. The second-order valence-corrected chi connectivity index (χ2v) is 5.16. The quantitative estimate of drug-likeness (QED) is 0.676. The van der Waals surface area contributed by atoms with Crippen LogP contribution in [0.25, 0.3) is 0 Å². The molecule has 0 atom stereocenters. The van der Waals surface area contributed by atoms with Crippen LogP contribution in [-0.2, 0) is 16.3 Å². The second-order valence-electron chi connectivity index (χ2n) is 3.14. The summed E-state index contributed by atoms with van der Waals surface area (Å²) in [6.07, 6.45) is 2.07. The lowest BCUT2D eigenvalue weighted by Gasteiger charge is -2.01. The molecule has 1 aliphatic heterocycles. The molecule has 1 aromatic rings. The Bertz CT molecular complexity index is 434. The molecule has 0 aliphatic carbocycles. The van der Waals surface area contributed by atoms with Gasteiger partial charge in [0.1, 0.15) is 5.75 Å². The Kier molecular flexibility index (Phi) is 1.80. The average Bonchev–Trinajstić information content (AvgIpc) is 2.47. The molecule has 0 fully saturated rings. The summed E-state index contributed by atoms with van der Waals surface area (Å²) in [5.41, 5.74) is 1.09. The van der Waals surface area contributed by atoms with Crippen molar-refractivity contribution in [1.29, 1.82) is 0 Å². The van der Waals surface area contributed by atoms with E-state index in [-0.39, 0.29) is 0 Å². The Hall–Kier alpha value is -1.03. The molecule has 0 radical (unpaired) electrons. The predicted octanol–water partition coefficient (Wildman–Crippen LogP) is 1.03. The zero-order valence-corrected chi connectivity index (χ0v) is 8.10. The molecule has 0 N–H and O–H groups in total. The molecule has 0 aromatic heterocycles. The average molecular weight is 198 g/mol. The molecule has 2 rings (SSSR count). The number of benzene rings is 1. The van der Waals surface area contributed by atoms with Gasteiger partial charge in [0.05, 0.1) is 11.5 Å². The minimum Gasteiger partial charge on any atom is -0.493 e. The number of hydrogen-bond donors (Lipinski definition) is 0. The van der Waals surface area contributed by atoms with Crippen molar-refractivity contribution in [1.82, 2.24) is 0 Å². The van der Waals surface area contributed by atoms with Gasteiger partial charge in [-0.3, -0.25) is 0 Å². The van der Waals surface area contributed by atoms with Gasteiger partial charge >= 0.3 is 0 Å². The van der Waals surface area contributed by atoms with Crippen LogP contribution in [0.4, 0.5) is 0 Å². The van der Waals surface area contributed by atoms with E-state index >= 15 is 0 Å².